The summed E-state index contributed by atoms with van der Waals surface area (Å²) in [5, 5.41) is 3.82. The van der Waals surface area contributed by atoms with Gasteiger partial charge in [0.1, 0.15) is 5.82 Å². The molecule has 0 bridgehead atoms. The predicted molar refractivity (Wildman–Crippen MR) is 111 cm³/mol. The fraction of sp³-hybridized carbons (Fsp3) is 0.286. The normalized spacial score (nSPS) is 13.9. The number of benzene rings is 1. The van der Waals surface area contributed by atoms with Crippen molar-refractivity contribution in [3.05, 3.63) is 59.7 Å². The van der Waals surface area contributed by atoms with Crippen molar-refractivity contribution in [1.82, 2.24) is 14.9 Å². The highest BCUT2D eigenvalue weighted by Gasteiger charge is 2.23. The van der Waals surface area contributed by atoms with E-state index in [2.05, 4.69) is 15.3 Å². The molecule has 1 N–H and O–H groups in total. The third-order valence-electron chi connectivity index (χ3n) is 4.88. The van der Waals surface area contributed by atoms with Gasteiger partial charge in [-0.2, -0.15) is 0 Å². The van der Waals surface area contributed by atoms with Crippen molar-refractivity contribution >= 4 is 40.7 Å². The van der Waals surface area contributed by atoms with Crippen molar-refractivity contribution in [2.24, 2.45) is 0 Å². The molecule has 3 aromatic rings. The zero-order valence-electron chi connectivity index (χ0n) is 15.6. The van der Waals surface area contributed by atoms with Gasteiger partial charge in [-0.1, -0.05) is 12.1 Å². The van der Waals surface area contributed by atoms with Crippen molar-refractivity contribution in [2.45, 2.75) is 26.2 Å². The molecule has 1 aliphatic heterocycles. The third kappa shape index (κ3) is 3.92. The molecule has 4 rings (SSSR count). The van der Waals surface area contributed by atoms with E-state index in [4.69, 9.17) is 0 Å². The summed E-state index contributed by atoms with van der Waals surface area (Å²) >= 11 is 0. The van der Waals surface area contributed by atoms with Gasteiger partial charge in [-0.15, -0.1) is 12.4 Å². The molecule has 1 amide bonds. The SMILES string of the molecule is Cc1ccc2c(Nc3ccccc3F)c(C(=O)N3CCCCC3)cnc2n1.Cl. The second-order valence-electron chi connectivity index (χ2n) is 6.83. The number of piperidine rings is 1. The second-order valence-corrected chi connectivity index (χ2v) is 6.83. The number of carbonyl (C=O) groups is 1. The zero-order valence-corrected chi connectivity index (χ0v) is 16.4. The van der Waals surface area contributed by atoms with E-state index in [9.17, 15) is 9.18 Å². The molecule has 0 atom stereocenters. The minimum atomic E-state index is -0.376. The number of likely N-dealkylation sites (tertiary alicyclic amines) is 1. The largest absolute Gasteiger partial charge is 0.352 e. The number of carbonyl (C=O) groups excluding carboxylic acids is 1. The Morgan fingerprint density at radius 1 is 1.11 bits per heavy atom. The van der Waals surface area contributed by atoms with Gasteiger partial charge in [0.15, 0.2) is 5.65 Å². The lowest BCUT2D eigenvalue weighted by Gasteiger charge is -2.27. The summed E-state index contributed by atoms with van der Waals surface area (Å²) in [6.45, 7) is 3.36. The van der Waals surface area contributed by atoms with Crippen LogP contribution in [0.15, 0.2) is 42.6 Å². The smallest absolute Gasteiger partial charge is 0.257 e. The van der Waals surface area contributed by atoms with Crippen molar-refractivity contribution in [3.63, 3.8) is 0 Å². The van der Waals surface area contributed by atoms with Gasteiger partial charge in [-0.05, 0) is 50.5 Å². The lowest BCUT2D eigenvalue weighted by molar-refractivity contribution is 0.0725. The van der Waals surface area contributed by atoms with E-state index in [0.29, 0.717) is 28.0 Å². The summed E-state index contributed by atoms with van der Waals surface area (Å²) < 4.78 is 14.2. The van der Waals surface area contributed by atoms with Crippen LogP contribution in [0.3, 0.4) is 0 Å². The van der Waals surface area contributed by atoms with Crippen LogP contribution in [0.25, 0.3) is 11.0 Å². The number of aromatic nitrogens is 2. The number of pyridine rings is 2. The van der Waals surface area contributed by atoms with Crippen molar-refractivity contribution in [1.29, 1.82) is 0 Å². The molecule has 0 unspecified atom stereocenters. The molecule has 0 radical (unpaired) electrons. The molecule has 0 aliphatic carbocycles. The van der Waals surface area contributed by atoms with Crippen molar-refractivity contribution in [3.8, 4) is 0 Å². The predicted octanol–water partition coefficient (Wildman–Crippen LogP) is 4.87. The van der Waals surface area contributed by atoms with Gasteiger partial charge in [0, 0.05) is 30.4 Å². The molecule has 28 heavy (non-hydrogen) atoms. The monoisotopic (exact) mass is 400 g/mol. The van der Waals surface area contributed by atoms with Gasteiger partial charge in [0.05, 0.1) is 16.9 Å². The average molecular weight is 401 g/mol. The quantitative estimate of drug-likeness (QED) is 0.681. The number of para-hydroxylation sites is 1. The fourth-order valence-electron chi connectivity index (χ4n) is 3.43. The Morgan fingerprint density at radius 3 is 2.61 bits per heavy atom. The van der Waals surface area contributed by atoms with Crippen LogP contribution in [0, 0.1) is 12.7 Å². The molecular weight excluding hydrogens is 379 g/mol. The number of hydrogen-bond acceptors (Lipinski definition) is 4. The van der Waals surface area contributed by atoms with E-state index in [-0.39, 0.29) is 24.1 Å². The number of halogens is 2. The molecule has 5 nitrogen and oxygen atoms in total. The van der Waals surface area contributed by atoms with Crippen LogP contribution < -0.4 is 5.32 Å². The van der Waals surface area contributed by atoms with E-state index in [1.165, 1.54) is 6.07 Å². The number of rotatable bonds is 3. The van der Waals surface area contributed by atoms with E-state index in [1.807, 2.05) is 24.0 Å². The molecule has 0 spiro atoms. The van der Waals surface area contributed by atoms with Gasteiger partial charge < -0.3 is 10.2 Å². The number of amides is 1. The molecule has 1 aromatic carbocycles. The summed E-state index contributed by atoms with van der Waals surface area (Å²) in [6.07, 6.45) is 4.70. The van der Waals surface area contributed by atoms with Gasteiger partial charge in [-0.25, -0.2) is 14.4 Å². The number of anilines is 2. The highest BCUT2D eigenvalue weighted by atomic mass is 35.5. The summed E-state index contributed by atoms with van der Waals surface area (Å²) in [7, 11) is 0. The lowest BCUT2D eigenvalue weighted by Crippen LogP contribution is -2.36. The molecule has 3 heterocycles. The molecule has 1 aliphatic rings. The average Bonchev–Trinajstić information content (AvgIpc) is 2.70. The van der Waals surface area contributed by atoms with Gasteiger partial charge in [0.25, 0.3) is 5.91 Å². The maximum atomic E-state index is 14.2. The van der Waals surface area contributed by atoms with Crippen LogP contribution in [-0.2, 0) is 0 Å². The van der Waals surface area contributed by atoms with Crippen LogP contribution in [0.4, 0.5) is 15.8 Å². The molecule has 1 saturated heterocycles. The van der Waals surface area contributed by atoms with Crippen molar-refractivity contribution < 1.29 is 9.18 Å². The summed E-state index contributed by atoms with van der Waals surface area (Å²) in [5.74, 6) is -0.456. The first kappa shape index (κ1) is 20.0. The van der Waals surface area contributed by atoms with Crippen LogP contribution in [-0.4, -0.2) is 33.9 Å². The first-order chi connectivity index (χ1) is 13.1. The van der Waals surface area contributed by atoms with Crippen LogP contribution in [0.5, 0.6) is 0 Å². The third-order valence-corrected chi connectivity index (χ3v) is 4.88. The topological polar surface area (TPSA) is 58.1 Å². The number of hydrogen-bond donors (Lipinski definition) is 1. The molecule has 1 fully saturated rings. The fourth-order valence-corrected chi connectivity index (χ4v) is 3.43. The van der Waals surface area contributed by atoms with E-state index < -0.39 is 0 Å². The summed E-state index contributed by atoms with van der Waals surface area (Å²) in [5.41, 5.74) is 2.68. The van der Waals surface area contributed by atoms with E-state index in [1.54, 1.807) is 24.4 Å². The maximum Gasteiger partial charge on any atom is 0.257 e. The lowest BCUT2D eigenvalue weighted by atomic mass is 10.1. The van der Waals surface area contributed by atoms with Crippen molar-refractivity contribution in [2.75, 3.05) is 18.4 Å². The Balaban J connectivity index is 0.00000225. The number of aryl methyl sites for hydroxylation is 1. The minimum Gasteiger partial charge on any atom is -0.352 e. The van der Waals surface area contributed by atoms with Gasteiger partial charge in [0.2, 0.25) is 0 Å². The Hall–Kier alpha value is -2.73. The first-order valence-electron chi connectivity index (χ1n) is 9.20. The Bertz CT molecular complexity index is 1000. The molecular formula is C21H22ClFN4O. The van der Waals surface area contributed by atoms with Gasteiger partial charge in [-0.3, -0.25) is 4.79 Å². The summed E-state index contributed by atoms with van der Waals surface area (Å²) in [4.78, 5) is 23.8. The van der Waals surface area contributed by atoms with Crippen LogP contribution in [0.2, 0.25) is 0 Å². The Morgan fingerprint density at radius 2 is 1.86 bits per heavy atom. The Labute approximate surface area is 169 Å². The molecule has 0 saturated carbocycles. The van der Waals surface area contributed by atoms with Crippen LogP contribution >= 0.6 is 12.4 Å². The number of nitrogens with zero attached hydrogens (tertiary/aromatic N) is 3. The van der Waals surface area contributed by atoms with Crippen LogP contribution in [0.1, 0.15) is 35.3 Å². The minimum absolute atomic E-state index is 0. The number of nitrogens with one attached hydrogen (secondary N) is 1. The molecule has 146 valence electrons. The highest BCUT2D eigenvalue weighted by molar-refractivity contribution is 6.07. The number of fused-ring (bicyclic) bond motifs is 1. The summed E-state index contributed by atoms with van der Waals surface area (Å²) in [6, 6.07) is 10.2. The molecule has 7 heteroatoms. The second kappa shape index (κ2) is 8.52. The maximum absolute atomic E-state index is 14.2. The Kier molecular flexibility index (Phi) is 6.09. The first-order valence-corrected chi connectivity index (χ1v) is 9.20. The van der Waals surface area contributed by atoms with Gasteiger partial charge >= 0.3 is 0 Å². The van der Waals surface area contributed by atoms with E-state index >= 15 is 0 Å². The standard InChI is InChI=1S/C21H21FN4O.ClH/c1-14-9-10-15-19(25-18-8-4-3-7-17(18)22)16(13-23-20(15)24-14)21(27)26-11-5-2-6-12-26;/h3-4,7-10,13H,2,5-6,11-12H2,1H3,(H,23,24,25);1H. The zero-order chi connectivity index (χ0) is 18.8. The molecule has 2 aromatic heterocycles. The van der Waals surface area contributed by atoms with E-state index in [0.717, 1.165) is 38.0 Å². The highest BCUT2D eigenvalue weighted by Crippen LogP contribution is 2.31.